The van der Waals surface area contributed by atoms with Gasteiger partial charge in [0.2, 0.25) is 5.91 Å². The van der Waals surface area contributed by atoms with Crippen LogP contribution in [0.5, 0.6) is 0 Å². The van der Waals surface area contributed by atoms with E-state index in [1.54, 1.807) is 12.1 Å². The largest absolute Gasteiger partial charge is 0.480 e. The van der Waals surface area contributed by atoms with Crippen molar-refractivity contribution in [3.8, 4) is 0 Å². The summed E-state index contributed by atoms with van der Waals surface area (Å²) in [6.07, 6.45) is 4.12. The van der Waals surface area contributed by atoms with Gasteiger partial charge >= 0.3 is 5.97 Å². The number of benzene rings is 1. The van der Waals surface area contributed by atoms with E-state index in [-0.39, 0.29) is 24.8 Å². The van der Waals surface area contributed by atoms with Gasteiger partial charge in [0.15, 0.2) is 0 Å². The van der Waals surface area contributed by atoms with Crippen LogP contribution < -0.4 is 0 Å². The second-order valence-corrected chi connectivity index (χ2v) is 6.22. The van der Waals surface area contributed by atoms with Crippen molar-refractivity contribution in [3.63, 3.8) is 0 Å². The number of ether oxygens (including phenoxy) is 1. The van der Waals surface area contributed by atoms with Gasteiger partial charge in [0.05, 0.1) is 0 Å². The number of hydrogen-bond acceptors (Lipinski definition) is 3. The summed E-state index contributed by atoms with van der Waals surface area (Å²) in [5.41, 5.74) is 0.718. The van der Waals surface area contributed by atoms with E-state index in [2.05, 4.69) is 0 Å². The fourth-order valence-electron chi connectivity index (χ4n) is 2.94. The summed E-state index contributed by atoms with van der Waals surface area (Å²) in [7, 11) is 0. The van der Waals surface area contributed by atoms with Gasteiger partial charge < -0.3 is 14.7 Å². The predicted octanol–water partition coefficient (Wildman–Crippen LogP) is 2.84. The summed E-state index contributed by atoms with van der Waals surface area (Å²) in [5, 5.41) is 9.02. The van der Waals surface area contributed by atoms with Crippen LogP contribution in [0.4, 0.5) is 4.39 Å². The number of aliphatic carboxylic acids is 1. The lowest BCUT2D eigenvalue weighted by Gasteiger charge is -2.23. The Balaban J connectivity index is 1.84. The normalized spacial score (nSPS) is 15.2. The maximum Gasteiger partial charge on any atom is 0.323 e. The summed E-state index contributed by atoms with van der Waals surface area (Å²) >= 11 is 0. The smallest absolute Gasteiger partial charge is 0.323 e. The number of carbonyl (C=O) groups excluding carboxylic acids is 1. The highest BCUT2D eigenvalue weighted by Crippen LogP contribution is 2.21. The minimum atomic E-state index is -1.05. The molecule has 6 heteroatoms. The third-order valence-electron chi connectivity index (χ3n) is 4.31. The zero-order chi connectivity index (χ0) is 17.4. The molecule has 1 amide bonds. The predicted molar refractivity (Wildman–Crippen MR) is 86.8 cm³/mol. The molecule has 0 bridgehead atoms. The molecular formula is C18H24FNO4. The highest BCUT2D eigenvalue weighted by Gasteiger charge is 2.19. The Morgan fingerprint density at radius 2 is 1.88 bits per heavy atom. The van der Waals surface area contributed by atoms with Gasteiger partial charge in [0, 0.05) is 26.2 Å². The van der Waals surface area contributed by atoms with Crippen LogP contribution in [0.25, 0.3) is 0 Å². The van der Waals surface area contributed by atoms with Crippen LogP contribution >= 0.6 is 0 Å². The van der Waals surface area contributed by atoms with Crippen LogP contribution in [-0.4, -0.2) is 41.6 Å². The first-order valence-corrected chi connectivity index (χ1v) is 8.36. The zero-order valence-electron chi connectivity index (χ0n) is 13.7. The van der Waals surface area contributed by atoms with Crippen molar-refractivity contribution in [2.24, 2.45) is 5.92 Å². The number of carboxylic acid groups (broad SMARTS) is 1. The minimum absolute atomic E-state index is 0.172. The first kappa shape index (κ1) is 18.4. The molecule has 0 saturated carbocycles. The molecule has 0 unspecified atom stereocenters. The number of amides is 1. The number of halogens is 1. The first-order valence-electron chi connectivity index (χ1n) is 8.36. The van der Waals surface area contributed by atoms with Crippen molar-refractivity contribution in [2.75, 3.05) is 19.8 Å². The molecule has 0 aliphatic carbocycles. The molecule has 132 valence electrons. The maximum atomic E-state index is 13.0. The van der Waals surface area contributed by atoms with Crippen molar-refractivity contribution < 1.29 is 23.8 Å². The monoisotopic (exact) mass is 337 g/mol. The number of carboxylic acids is 1. The summed E-state index contributed by atoms with van der Waals surface area (Å²) in [5.74, 6) is -0.980. The van der Waals surface area contributed by atoms with Crippen LogP contribution in [0.2, 0.25) is 0 Å². The number of nitrogens with zero attached hydrogens (tertiary/aromatic N) is 1. The molecule has 1 aromatic carbocycles. The lowest BCUT2D eigenvalue weighted by Crippen LogP contribution is -2.35. The van der Waals surface area contributed by atoms with Gasteiger partial charge in [-0.3, -0.25) is 9.59 Å². The van der Waals surface area contributed by atoms with Gasteiger partial charge in [0.1, 0.15) is 12.4 Å². The molecule has 1 heterocycles. The Kier molecular flexibility index (Phi) is 7.18. The Morgan fingerprint density at radius 1 is 1.21 bits per heavy atom. The molecule has 0 aromatic heterocycles. The van der Waals surface area contributed by atoms with Crippen LogP contribution in [0.3, 0.4) is 0 Å². The SMILES string of the molecule is O=C(O)CN(Cc1ccc(F)cc1)C(=O)CCCC1CCOCC1. The number of rotatable bonds is 8. The third kappa shape index (κ3) is 6.28. The minimum Gasteiger partial charge on any atom is -0.480 e. The van der Waals surface area contributed by atoms with Gasteiger partial charge in [-0.2, -0.15) is 0 Å². The van der Waals surface area contributed by atoms with E-state index >= 15 is 0 Å². The standard InChI is InChI=1S/C18H24FNO4/c19-16-6-4-15(5-7-16)12-20(13-18(22)23)17(21)3-1-2-14-8-10-24-11-9-14/h4-7,14H,1-3,8-13H2,(H,22,23). The summed E-state index contributed by atoms with van der Waals surface area (Å²) < 4.78 is 18.3. The molecule has 1 saturated heterocycles. The van der Waals surface area contributed by atoms with E-state index in [9.17, 15) is 14.0 Å². The number of carbonyl (C=O) groups is 2. The second kappa shape index (κ2) is 9.37. The van der Waals surface area contributed by atoms with Crippen LogP contribution in [-0.2, 0) is 20.9 Å². The van der Waals surface area contributed by atoms with Crippen molar-refractivity contribution >= 4 is 11.9 Å². The van der Waals surface area contributed by atoms with Crippen molar-refractivity contribution in [3.05, 3.63) is 35.6 Å². The molecule has 5 nitrogen and oxygen atoms in total. The number of hydrogen-bond donors (Lipinski definition) is 1. The summed E-state index contributed by atoms with van der Waals surface area (Å²) in [4.78, 5) is 24.7. The van der Waals surface area contributed by atoms with E-state index in [4.69, 9.17) is 9.84 Å². The van der Waals surface area contributed by atoms with Gasteiger partial charge in [-0.25, -0.2) is 4.39 Å². The Labute approximate surface area is 141 Å². The molecule has 1 aliphatic rings. The average molecular weight is 337 g/mol. The Bertz CT molecular complexity index is 540. The van der Waals surface area contributed by atoms with E-state index in [0.717, 1.165) is 44.5 Å². The molecule has 0 spiro atoms. The van der Waals surface area contributed by atoms with Gasteiger partial charge in [-0.15, -0.1) is 0 Å². The van der Waals surface area contributed by atoms with Crippen molar-refractivity contribution in [1.29, 1.82) is 0 Å². The van der Waals surface area contributed by atoms with E-state index in [0.29, 0.717) is 12.3 Å². The highest BCUT2D eigenvalue weighted by molar-refractivity contribution is 5.81. The molecule has 0 radical (unpaired) electrons. The quantitative estimate of drug-likeness (QED) is 0.792. The van der Waals surface area contributed by atoms with E-state index in [1.807, 2.05) is 0 Å². The molecule has 2 rings (SSSR count). The van der Waals surface area contributed by atoms with E-state index < -0.39 is 5.97 Å². The lowest BCUT2D eigenvalue weighted by molar-refractivity contribution is -0.145. The molecular weight excluding hydrogens is 313 g/mol. The summed E-state index contributed by atoms with van der Waals surface area (Å²) in [6, 6.07) is 5.76. The Hall–Kier alpha value is -1.95. The molecule has 0 atom stereocenters. The fourth-order valence-corrected chi connectivity index (χ4v) is 2.94. The summed E-state index contributed by atoms with van der Waals surface area (Å²) in [6.45, 7) is 1.42. The maximum absolute atomic E-state index is 13.0. The molecule has 24 heavy (non-hydrogen) atoms. The fraction of sp³-hybridized carbons (Fsp3) is 0.556. The molecule has 1 aliphatic heterocycles. The molecule has 1 fully saturated rings. The van der Waals surface area contributed by atoms with Gasteiger partial charge in [-0.1, -0.05) is 12.1 Å². The topological polar surface area (TPSA) is 66.8 Å². The Morgan fingerprint density at radius 3 is 2.50 bits per heavy atom. The first-order chi connectivity index (χ1) is 11.5. The van der Waals surface area contributed by atoms with Crippen LogP contribution in [0.15, 0.2) is 24.3 Å². The zero-order valence-corrected chi connectivity index (χ0v) is 13.7. The highest BCUT2D eigenvalue weighted by atomic mass is 19.1. The van der Waals surface area contributed by atoms with Crippen LogP contribution in [0.1, 0.15) is 37.7 Å². The molecule has 1 N–H and O–H groups in total. The van der Waals surface area contributed by atoms with Gasteiger partial charge in [0.25, 0.3) is 0 Å². The average Bonchev–Trinajstić information content (AvgIpc) is 2.57. The van der Waals surface area contributed by atoms with Crippen LogP contribution in [0, 0.1) is 11.7 Å². The van der Waals surface area contributed by atoms with Crippen molar-refractivity contribution in [1.82, 2.24) is 4.90 Å². The second-order valence-electron chi connectivity index (χ2n) is 6.22. The molecule has 1 aromatic rings. The van der Waals surface area contributed by atoms with E-state index in [1.165, 1.54) is 17.0 Å². The third-order valence-corrected chi connectivity index (χ3v) is 4.31. The van der Waals surface area contributed by atoms with Crippen molar-refractivity contribution in [2.45, 2.75) is 38.6 Å². The lowest BCUT2D eigenvalue weighted by atomic mass is 9.94. The van der Waals surface area contributed by atoms with Gasteiger partial charge in [-0.05, 0) is 49.3 Å².